The molecule has 0 saturated carbocycles. The summed E-state index contributed by atoms with van der Waals surface area (Å²) in [7, 11) is 1.74. The molecule has 0 aromatic carbocycles. The Labute approximate surface area is 124 Å². The van der Waals surface area contributed by atoms with Crippen LogP contribution in [0.2, 0.25) is 0 Å². The zero-order valence-electron chi connectivity index (χ0n) is 12.7. The normalized spacial score (nSPS) is 13.2. The Morgan fingerprint density at radius 2 is 2.15 bits per heavy atom. The fourth-order valence-electron chi connectivity index (χ4n) is 2.61. The Kier molecular flexibility index (Phi) is 5.05. The number of hydrogen-bond donors (Lipinski definition) is 0. The van der Waals surface area contributed by atoms with E-state index >= 15 is 0 Å². The number of ether oxygens (including phenoxy) is 1. The Morgan fingerprint density at radius 1 is 1.40 bits per heavy atom. The third kappa shape index (κ3) is 2.83. The lowest BCUT2D eigenvalue weighted by atomic mass is 10.2. The molecule has 0 aliphatic rings. The first-order valence-corrected chi connectivity index (χ1v) is 7.63. The van der Waals surface area contributed by atoms with Crippen molar-refractivity contribution in [2.75, 3.05) is 19.6 Å². The van der Waals surface area contributed by atoms with Crippen LogP contribution in [0.5, 0.6) is 0 Å². The molecule has 5 nitrogen and oxygen atoms in total. The molecule has 112 valence electrons. The zero-order chi connectivity index (χ0) is 14.7. The number of hydrogen-bond acceptors (Lipinski definition) is 3. The summed E-state index contributed by atoms with van der Waals surface area (Å²) in [6.07, 6.45) is 0.777. The first-order valence-electron chi connectivity index (χ1n) is 7.09. The van der Waals surface area contributed by atoms with Crippen LogP contribution in [0.4, 0.5) is 0 Å². The fourth-order valence-corrected chi connectivity index (χ4v) is 2.78. The van der Waals surface area contributed by atoms with Gasteiger partial charge in [0.15, 0.2) is 5.65 Å². The average molecular weight is 299 g/mol. The summed E-state index contributed by atoms with van der Waals surface area (Å²) in [5, 5.41) is 4.55. The van der Waals surface area contributed by atoms with Gasteiger partial charge in [0.25, 0.3) is 0 Å². The Bertz CT molecular complexity index is 575. The highest BCUT2D eigenvalue weighted by Gasteiger charge is 2.19. The van der Waals surface area contributed by atoms with Crippen LogP contribution < -0.4 is 0 Å². The van der Waals surface area contributed by atoms with Crippen molar-refractivity contribution in [3.8, 4) is 0 Å². The lowest BCUT2D eigenvalue weighted by molar-refractivity contribution is 0.151. The molecule has 2 aromatic rings. The summed E-state index contributed by atoms with van der Waals surface area (Å²) in [6.45, 7) is 8.74. The summed E-state index contributed by atoms with van der Waals surface area (Å²) < 4.78 is 9.52. The number of rotatable bonds is 7. The van der Waals surface area contributed by atoms with E-state index in [0.717, 1.165) is 48.8 Å². The second kappa shape index (κ2) is 6.59. The van der Waals surface area contributed by atoms with Crippen molar-refractivity contribution in [3.63, 3.8) is 0 Å². The Hall–Kier alpha value is -1.07. The molecule has 2 heterocycles. The molecule has 20 heavy (non-hydrogen) atoms. The Balaban J connectivity index is 2.48. The van der Waals surface area contributed by atoms with E-state index in [4.69, 9.17) is 21.3 Å². The maximum Gasteiger partial charge on any atom is 0.158 e. The molecule has 0 aliphatic carbocycles. The molecule has 0 saturated heterocycles. The monoisotopic (exact) mass is 298 g/mol. The van der Waals surface area contributed by atoms with Crippen molar-refractivity contribution in [1.82, 2.24) is 19.3 Å². The molecule has 0 spiro atoms. The lowest BCUT2D eigenvalue weighted by Gasteiger charge is -2.15. The highest BCUT2D eigenvalue weighted by atomic mass is 35.5. The van der Waals surface area contributed by atoms with Crippen LogP contribution in [0.25, 0.3) is 11.2 Å². The van der Waals surface area contributed by atoms with Gasteiger partial charge in [-0.2, -0.15) is 5.10 Å². The second-order valence-corrected chi connectivity index (χ2v) is 5.59. The van der Waals surface area contributed by atoms with E-state index < -0.39 is 0 Å². The van der Waals surface area contributed by atoms with Gasteiger partial charge in [-0.05, 0) is 19.8 Å². The van der Waals surface area contributed by atoms with Crippen LogP contribution in [0.3, 0.4) is 0 Å². The van der Waals surface area contributed by atoms with Crippen molar-refractivity contribution in [1.29, 1.82) is 0 Å². The van der Waals surface area contributed by atoms with Gasteiger partial charge in [0.2, 0.25) is 0 Å². The van der Waals surface area contributed by atoms with E-state index in [-0.39, 0.29) is 0 Å². The summed E-state index contributed by atoms with van der Waals surface area (Å²) in [5.74, 6) is 2.05. The summed E-state index contributed by atoms with van der Waals surface area (Å²) >= 11 is 5.91. The molecule has 1 atom stereocenters. The maximum atomic E-state index is 5.91. The van der Waals surface area contributed by atoms with E-state index in [1.54, 1.807) is 7.11 Å². The van der Waals surface area contributed by atoms with Crippen molar-refractivity contribution < 1.29 is 4.74 Å². The van der Waals surface area contributed by atoms with E-state index in [9.17, 15) is 0 Å². The molecular formula is C14H23ClN4O. The highest BCUT2D eigenvalue weighted by molar-refractivity contribution is 6.17. The van der Waals surface area contributed by atoms with Gasteiger partial charge in [-0.1, -0.05) is 6.92 Å². The standard InChI is InChI=1S/C14H23ClN4O/c1-5-19-14-13(11(3)17-19)16-12(6-7-15)18(14)8-10(2)9-20-4/h10H,5-9H2,1-4H3. The first-order chi connectivity index (χ1) is 9.62. The smallest absolute Gasteiger partial charge is 0.158 e. The second-order valence-electron chi connectivity index (χ2n) is 5.21. The first kappa shape index (κ1) is 15.3. The minimum atomic E-state index is 0.423. The number of aromatic nitrogens is 4. The van der Waals surface area contributed by atoms with Crippen molar-refractivity contribution in [2.45, 2.75) is 40.3 Å². The third-order valence-corrected chi connectivity index (χ3v) is 3.63. The summed E-state index contributed by atoms with van der Waals surface area (Å²) in [6, 6.07) is 0. The summed E-state index contributed by atoms with van der Waals surface area (Å²) in [5.41, 5.74) is 3.08. The zero-order valence-corrected chi connectivity index (χ0v) is 13.4. The van der Waals surface area contributed by atoms with E-state index in [2.05, 4.69) is 23.5 Å². The predicted molar refractivity (Wildman–Crippen MR) is 81.4 cm³/mol. The number of imidazole rings is 1. The minimum absolute atomic E-state index is 0.423. The molecule has 2 aromatic heterocycles. The molecule has 2 rings (SSSR count). The number of nitrogens with zero attached hydrogens (tertiary/aromatic N) is 4. The molecule has 1 unspecified atom stereocenters. The van der Waals surface area contributed by atoms with E-state index in [1.807, 2.05) is 11.6 Å². The number of halogens is 1. The number of aryl methyl sites for hydroxylation is 3. The van der Waals surface area contributed by atoms with Crippen molar-refractivity contribution in [3.05, 3.63) is 11.5 Å². The highest BCUT2D eigenvalue weighted by Crippen LogP contribution is 2.22. The molecule has 0 N–H and O–H groups in total. The fraction of sp³-hybridized carbons (Fsp3) is 0.714. The van der Waals surface area contributed by atoms with Crippen LogP contribution in [0, 0.1) is 12.8 Å². The van der Waals surface area contributed by atoms with Crippen molar-refractivity contribution >= 4 is 22.8 Å². The molecule has 6 heteroatoms. The number of fused-ring (bicyclic) bond motifs is 1. The Morgan fingerprint density at radius 3 is 2.75 bits per heavy atom. The molecule has 0 bridgehead atoms. The van der Waals surface area contributed by atoms with Gasteiger partial charge >= 0.3 is 0 Å². The van der Waals surface area contributed by atoms with Crippen LogP contribution in [-0.2, 0) is 24.2 Å². The molecule has 0 radical (unpaired) electrons. The SMILES string of the molecule is CCn1nc(C)c2nc(CCCl)n(CC(C)COC)c21. The van der Waals surface area contributed by atoms with Gasteiger partial charge in [0, 0.05) is 32.5 Å². The van der Waals surface area contributed by atoms with Gasteiger partial charge < -0.3 is 9.30 Å². The number of alkyl halides is 1. The van der Waals surface area contributed by atoms with Crippen LogP contribution in [0.15, 0.2) is 0 Å². The molecular weight excluding hydrogens is 276 g/mol. The maximum absolute atomic E-state index is 5.91. The van der Waals surface area contributed by atoms with Gasteiger partial charge in [0.1, 0.15) is 11.3 Å². The van der Waals surface area contributed by atoms with Gasteiger partial charge in [-0.3, -0.25) is 0 Å². The van der Waals surface area contributed by atoms with Crippen LogP contribution >= 0.6 is 11.6 Å². The predicted octanol–water partition coefficient (Wildman–Crippen LogP) is 2.62. The summed E-state index contributed by atoms with van der Waals surface area (Å²) in [4.78, 5) is 4.74. The van der Waals surface area contributed by atoms with Gasteiger partial charge in [0.05, 0.1) is 12.3 Å². The topological polar surface area (TPSA) is 44.9 Å². The molecule has 0 aliphatic heterocycles. The van der Waals surface area contributed by atoms with Crippen LogP contribution in [0.1, 0.15) is 25.4 Å². The molecule has 0 fully saturated rings. The largest absolute Gasteiger partial charge is 0.384 e. The van der Waals surface area contributed by atoms with Crippen molar-refractivity contribution in [2.24, 2.45) is 5.92 Å². The van der Waals surface area contributed by atoms with Gasteiger partial charge in [-0.15, -0.1) is 11.6 Å². The molecule has 0 amide bonds. The number of methoxy groups -OCH3 is 1. The third-order valence-electron chi connectivity index (χ3n) is 3.44. The van der Waals surface area contributed by atoms with E-state index in [0.29, 0.717) is 11.8 Å². The van der Waals surface area contributed by atoms with E-state index in [1.165, 1.54) is 0 Å². The average Bonchev–Trinajstić information content (AvgIpc) is 2.90. The quantitative estimate of drug-likeness (QED) is 0.738. The minimum Gasteiger partial charge on any atom is -0.384 e. The lowest BCUT2D eigenvalue weighted by Crippen LogP contribution is -2.17. The van der Waals surface area contributed by atoms with Gasteiger partial charge in [-0.25, -0.2) is 9.67 Å². The van der Waals surface area contributed by atoms with Crippen LogP contribution in [-0.4, -0.2) is 38.9 Å².